The number of nitrogens with one attached hydrogen (secondary N) is 1. The minimum Gasteiger partial charge on any atom is -0.385 e. The van der Waals surface area contributed by atoms with E-state index >= 15 is 0 Å². The van der Waals surface area contributed by atoms with Gasteiger partial charge in [-0.2, -0.15) is 0 Å². The molecule has 0 spiro atoms. The van der Waals surface area contributed by atoms with Crippen molar-refractivity contribution in [2.75, 3.05) is 26.8 Å². The highest BCUT2D eigenvalue weighted by Gasteiger charge is 2.11. The van der Waals surface area contributed by atoms with E-state index < -0.39 is 0 Å². The molecule has 14 heavy (non-hydrogen) atoms. The Morgan fingerprint density at radius 2 is 2.00 bits per heavy atom. The summed E-state index contributed by atoms with van der Waals surface area (Å²) in [6.45, 7) is 8.12. The third kappa shape index (κ3) is 5.07. The van der Waals surface area contributed by atoms with Gasteiger partial charge in [-0.25, -0.2) is 4.79 Å². The number of amides is 2. The fourth-order valence-corrected chi connectivity index (χ4v) is 1.18. The van der Waals surface area contributed by atoms with Crippen molar-refractivity contribution in [2.24, 2.45) is 0 Å². The van der Waals surface area contributed by atoms with Gasteiger partial charge in [-0.15, -0.1) is 0 Å². The number of methoxy groups -OCH3 is 1. The number of hydrogen-bond acceptors (Lipinski definition) is 2. The Morgan fingerprint density at radius 3 is 2.43 bits per heavy atom. The molecule has 1 N–H and O–H groups in total. The zero-order chi connectivity index (χ0) is 11.0. The zero-order valence-electron chi connectivity index (χ0n) is 9.67. The molecule has 1 unspecified atom stereocenters. The summed E-state index contributed by atoms with van der Waals surface area (Å²) in [5, 5.41) is 2.92. The van der Waals surface area contributed by atoms with Crippen LogP contribution >= 0.6 is 0 Å². The van der Waals surface area contributed by atoms with E-state index in [1.54, 1.807) is 12.0 Å². The quantitative estimate of drug-likeness (QED) is 0.708. The van der Waals surface area contributed by atoms with Crippen LogP contribution < -0.4 is 5.32 Å². The first kappa shape index (κ1) is 13.2. The predicted molar refractivity (Wildman–Crippen MR) is 57.4 cm³/mol. The Bertz CT molecular complexity index is 158. The van der Waals surface area contributed by atoms with E-state index in [-0.39, 0.29) is 12.1 Å². The molecule has 2 amide bonds. The van der Waals surface area contributed by atoms with Crippen LogP contribution in [-0.4, -0.2) is 43.8 Å². The molecule has 0 aliphatic rings. The molecule has 0 radical (unpaired) electrons. The number of carbonyl (C=O) groups is 1. The number of rotatable bonds is 6. The number of ether oxygens (including phenoxy) is 1. The third-order valence-electron chi connectivity index (χ3n) is 2.18. The van der Waals surface area contributed by atoms with Crippen molar-refractivity contribution in [1.29, 1.82) is 0 Å². The van der Waals surface area contributed by atoms with Crippen molar-refractivity contribution in [3.8, 4) is 0 Å². The average molecular weight is 202 g/mol. The normalized spacial score (nSPS) is 12.3. The topological polar surface area (TPSA) is 41.6 Å². The Kier molecular flexibility index (Phi) is 7.20. The van der Waals surface area contributed by atoms with Crippen molar-refractivity contribution in [2.45, 2.75) is 33.2 Å². The molecule has 0 rings (SSSR count). The van der Waals surface area contributed by atoms with Gasteiger partial charge in [-0.05, 0) is 27.2 Å². The average Bonchev–Trinajstić information content (AvgIpc) is 2.16. The van der Waals surface area contributed by atoms with E-state index in [0.717, 1.165) is 19.5 Å². The maximum absolute atomic E-state index is 11.6. The summed E-state index contributed by atoms with van der Waals surface area (Å²) in [7, 11) is 1.67. The van der Waals surface area contributed by atoms with Crippen LogP contribution in [0.5, 0.6) is 0 Å². The maximum atomic E-state index is 11.6. The minimum atomic E-state index is 0.0126. The first-order valence-corrected chi connectivity index (χ1v) is 5.20. The van der Waals surface area contributed by atoms with Crippen molar-refractivity contribution < 1.29 is 9.53 Å². The van der Waals surface area contributed by atoms with E-state index in [1.165, 1.54) is 0 Å². The fraction of sp³-hybridized carbons (Fsp3) is 0.900. The number of hydrogen-bond donors (Lipinski definition) is 1. The maximum Gasteiger partial charge on any atom is 0.317 e. The highest BCUT2D eigenvalue weighted by Crippen LogP contribution is 1.94. The summed E-state index contributed by atoms with van der Waals surface area (Å²) in [4.78, 5) is 13.3. The van der Waals surface area contributed by atoms with Crippen LogP contribution in [0.4, 0.5) is 4.79 Å². The standard InChI is InChI=1S/C10H22N2O2/c1-5-12(6-2)10(13)11-9(3)7-8-14-4/h9H,5-8H2,1-4H3,(H,11,13). The molecule has 0 aromatic heterocycles. The van der Waals surface area contributed by atoms with Gasteiger partial charge in [0, 0.05) is 32.8 Å². The summed E-state index contributed by atoms with van der Waals surface area (Å²) >= 11 is 0. The first-order chi connectivity index (χ1) is 6.65. The molecule has 1 atom stereocenters. The van der Waals surface area contributed by atoms with Crippen molar-refractivity contribution in [3.63, 3.8) is 0 Å². The summed E-state index contributed by atoms with van der Waals surface area (Å²) in [6.07, 6.45) is 0.851. The second-order valence-corrected chi connectivity index (χ2v) is 3.30. The van der Waals surface area contributed by atoms with E-state index in [0.29, 0.717) is 6.61 Å². The van der Waals surface area contributed by atoms with Crippen molar-refractivity contribution in [3.05, 3.63) is 0 Å². The molecule has 0 aromatic carbocycles. The van der Waals surface area contributed by atoms with Crippen molar-refractivity contribution >= 4 is 6.03 Å². The highest BCUT2D eigenvalue weighted by molar-refractivity contribution is 5.74. The summed E-state index contributed by atoms with van der Waals surface area (Å²) in [5.41, 5.74) is 0. The lowest BCUT2D eigenvalue weighted by molar-refractivity contribution is 0.176. The number of urea groups is 1. The molecule has 0 saturated heterocycles. The van der Waals surface area contributed by atoms with Crippen LogP contribution in [0.2, 0.25) is 0 Å². The summed E-state index contributed by atoms with van der Waals surface area (Å²) in [6, 6.07) is 0.182. The lowest BCUT2D eigenvalue weighted by Gasteiger charge is -2.22. The SMILES string of the molecule is CCN(CC)C(=O)NC(C)CCOC. The zero-order valence-corrected chi connectivity index (χ0v) is 9.67. The second kappa shape index (κ2) is 7.62. The fourth-order valence-electron chi connectivity index (χ4n) is 1.18. The monoisotopic (exact) mass is 202 g/mol. The molecule has 0 bridgehead atoms. The van der Waals surface area contributed by atoms with Crippen LogP contribution in [0.1, 0.15) is 27.2 Å². The summed E-state index contributed by atoms with van der Waals surface area (Å²) < 4.78 is 4.94. The molecule has 84 valence electrons. The van der Waals surface area contributed by atoms with Gasteiger partial charge in [0.15, 0.2) is 0 Å². The van der Waals surface area contributed by atoms with E-state index in [9.17, 15) is 4.79 Å². The molecule has 0 aromatic rings. The van der Waals surface area contributed by atoms with E-state index in [2.05, 4.69) is 5.32 Å². The van der Waals surface area contributed by atoms with E-state index in [1.807, 2.05) is 20.8 Å². The Balaban J connectivity index is 3.79. The van der Waals surface area contributed by atoms with Gasteiger partial charge in [0.2, 0.25) is 0 Å². The molecule has 0 aliphatic carbocycles. The molecular formula is C10H22N2O2. The predicted octanol–water partition coefficient (Wildman–Crippen LogP) is 1.46. The molecule has 4 nitrogen and oxygen atoms in total. The largest absolute Gasteiger partial charge is 0.385 e. The van der Waals surface area contributed by atoms with Gasteiger partial charge in [0.05, 0.1) is 0 Å². The molecule has 0 heterocycles. The third-order valence-corrected chi connectivity index (χ3v) is 2.18. The molecule has 4 heteroatoms. The first-order valence-electron chi connectivity index (χ1n) is 5.20. The van der Waals surface area contributed by atoms with Crippen LogP contribution in [0.15, 0.2) is 0 Å². The van der Waals surface area contributed by atoms with Crippen LogP contribution in [0, 0.1) is 0 Å². The lowest BCUT2D eigenvalue weighted by Crippen LogP contribution is -2.43. The Morgan fingerprint density at radius 1 is 1.43 bits per heavy atom. The van der Waals surface area contributed by atoms with Gasteiger partial charge in [0.1, 0.15) is 0 Å². The van der Waals surface area contributed by atoms with Gasteiger partial charge in [-0.3, -0.25) is 0 Å². The number of nitrogens with zero attached hydrogens (tertiary/aromatic N) is 1. The van der Waals surface area contributed by atoms with E-state index in [4.69, 9.17) is 4.74 Å². The van der Waals surface area contributed by atoms with Crippen LogP contribution in [0.25, 0.3) is 0 Å². The van der Waals surface area contributed by atoms with Crippen LogP contribution in [-0.2, 0) is 4.74 Å². The second-order valence-electron chi connectivity index (χ2n) is 3.30. The smallest absolute Gasteiger partial charge is 0.317 e. The van der Waals surface area contributed by atoms with Crippen molar-refractivity contribution in [1.82, 2.24) is 10.2 Å². The van der Waals surface area contributed by atoms with Gasteiger partial charge in [-0.1, -0.05) is 0 Å². The summed E-state index contributed by atoms with van der Waals surface area (Å²) in [5.74, 6) is 0. The van der Waals surface area contributed by atoms with Gasteiger partial charge in [0.25, 0.3) is 0 Å². The number of carbonyl (C=O) groups excluding carboxylic acids is 1. The molecular weight excluding hydrogens is 180 g/mol. The molecule has 0 fully saturated rings. The van der Waals surface area contributed by atoms with Gasteiger partial charge >= 0.3 is 6.03 Å². The van der Waals surface area contributed by atoms with Gasteiger partial charge < -0.3 is 15.0 Å². The Hall–Kier alpha value is -0.770. The highest BCUT2D eigenvalue weighted by atomic mass is 16.5. The van der Waals surface area contributed by atoms with Crippen LogP contribution in [0.3, 0.4) is 0 Å². The lowest BCUT2D eigenvalue weighted by atomic mass is 10.2. The molecule has 0 saturated carbocycles. The minimum absolute atomic E-state index is 0.0126. The Labute approximate surface area is 86.6 Å². The molecule has 0 aliphatic heterocycles.